The first kappa shape index (κ1) is 17.7. The van der Waals surface area contributed by atoms with E-state index in [1.807, 2.05) is 0 Å². The van der Waals surface area contributed by atoms with Gasteiger partial charge in [-0.1, -0.05) is 0 Å². The number of hydrogen-bond acceptors (Lipinski definition) is 6. The third kappa shape index (κ3) is 4.07. The summed E-state index contributed by atoms with van der Waals surface area (Å²) < 4.78 is 40.0. The number of carbonyl (C=O) groups excluding carboxylic acids is 2. The Balaban J connectivity index is 0.00000324. The molecule has 1 rings (SSSR count). The molecule has 100 valence electrons. The molecule has 0 aliphatic rings. The second-order valence-electron chi connectivity index (χ2n) is 3.17. The van der Waals surface area contributed by atoms with E-state index in [1.54, 1.807) is 0 Å². The van der Waals surface area contributed by atoms with Crippen LogP contribution in [-0.2, 0) is 19.6 Å². The van der Waals surface area contributed by atoms with Crippen molar-refractivity contribution in [3.63, 3.8) is 0 Å². The molecule has 0 aromatic heterocycles. The van der Waals surface area contributed by atoms with E-state index in [0.29, 0.717) is 0 Å². The van der Waals surface area contributed by atoms with Crippen LogP contribution in [0.5, 0.6) is 0 Å². The summed E-state index contributed by atoms with van der Waals surface area (Å²) in [5.41, 5.74) is -0.481. The van der Waals surface area contributed by atoms with E-state index in [2.05, 4.69) is 9.47 Å². The van der Waals surface area contributed by atoms with Gasteiger partial charge in [-0.15, -0.1) is 0 Å². The van der Waals surface area contributed by atoms with Crippen molar-refractivity contribution >= 4 is 40.9 Å². The molecule has 0 heterocycles. The van der Waals surface area contributed by atoms with Crippen LogP contribution < -0.4 is 0 Å². The Morgan fingerprint density at radius 3 is 2.05 bits per heavy atom. The second-order valence-corrected chi connectivity index (χ2v) is 4.56. The van der Waals surface area contributed by atoms with Gasteiger partial charge in [-0.3, -0.25) is 4.55 Å². The van der Waals surface area contributed by atoms with Crippen LogP contribution in [-0.4, -0.2) is 58.0 Å². The Hall–Kier alpha value is -1.33. The molecule has 1 aromatic carbocycles. The Kier molecular flexibility index (Phi) is 6.25. The van der Waals surface area contributed by atoms with Crippen LogP contribution in [0.2, 0.25) is 0 Å². The van der Waals surface area contributed by atoms with Crippen molar-refractivity contribution < 1.29 is 32.0 Å². The summed E-state index contributed by atoms with van der Waals surface area (Å²) in [4.78, 5) is 21.8. The normalized spacial score (nSPS) is 10.3. The van der Waals surface area contributed by atoms with E-state index < -0.39 is 27.0 Å². The van der Waals surface area contributed by atoms with Crippen LogP contribution in [0.3, 0.4) is 0 Å². The summed E-state index contributed by atoms with van der Waals surface area (Å²) >= 11 is 0. The monoisotopic (exact) mass is 282 g/mol. The first-order valence-electron chi connectivity index (χ1n) is 4.59. The summed E-state index contributed by atoms with van der Waals surface area (Å²) in [5.74, 6) is -1.74. The molecule has 0 aliphatic heterocycles. The van der Waals surface area contributed by atoms with Crippen molar-refractivity contribution in [3.05, 3.63) is 29.3 Å². The zero-order valence-corrected chi connectivity index (χ0v) is 10.4. The number of hydrogen-bond donors (Lipinski definition) is 1. The fourth-order valence-electron chi connectivity index (χ4n) is 1.26. The summed E-state index contributed by atoms with van der Waals surface area (Å²) in [5, 5.41) is 0. The first-order valence-corrected chi connectivity index (χ1v) is 6.03. The van der Waals surface area contributed by atoms with Gasteiger partial charge in [0.15, 0.2) is 0 Å². The Morgan fingerprint density at radius 2 is 1.63 bits per heavy atom. The van der Waals surface area contributed by atoms with E-state index in [9.17, 15) is 18.0 Å². The van der Waals surface area contributed by atoms with E-state index in [-0.39, 0.29) is 30.0 Å². The molecular weight excluding hydrogens is 271 g/mol. The van der Waals surface area contributed by atoms with Crippen molar-refractivity contribution in [2.75, 3.05) is 14.2 Å². The minimum absolute atomic E-state index is 0. The van der Waals surface area contributed by atoms with Gasteiger partial charge in [0.1, 0.15) is 4.90 Å². The molecule has 1 aromatic rings. The molecule has 0 aliphatic carbocycles. The molecular formula is C10H11LiO7S. The van der Waals surface area contributed by atoms with Crippen LogP contribution in [0.1, 0.15) is 20.7 Å². The third-order valence-corrected chi connectivity index (χ3v) is 2.98. The number of benzene rings is 1. The van der Waals surface area contributed by atoms with Crippen molar-refractivity contribution in [3.8, 4) is 0 Å². The summed E-state index contributed by atoms with van der Waals surface area (Å²) in [6, 6.07) is 3.08. The molecule has 1 N–H and O–H groups in total. The molecule has 9 heteroatoms. The zero-order chi connectivity index (χ0) is 13.9. The van der Waals surface area contributed by atoms with Gasteiger partial charge < -0.3 is 9.47 Å². The molecule has 0 unspecified atom stereocenters. The van der Waals surface area contributed by atoms with Gasteiger partial charge >= 0.3 is 30.8 Å². The molecule has 0 radical (unpaired) electrons. The quantitative estimate of drug-likeness (QED) is 0.467. The van der Waals surface area contributed by atoms with Gasteiger partial charge in [-0.25, -0.2) is 9.59 Å². The number of rotatable bonds is 3. The van der Waals surface area contributed by atoms with Crippen molar-refractivity contribution in [1.82, 2.24) is 0 Å². The Labute approximate surface area is 121 Å². The van der Waals surface area contributed by atoms with Gasteiger partial charge in [0, 0.05) is 0 Å². The Morgan fingerprint density at radius 1 is 1.11 bits per heavy atom. The summed E-state index contributed by atoms with van der Waals surface area (Å²) in [6.45, 7) is 0. The van der Waals surface area contributed by atoms with Crippen molar-refractivity contribution in [2.45, 2.75) is 4.90 Å². The fourth-order valence-corrected chi connectivity index (χ4v) is 1.96. The van der Waals surface area contributed by atoms with E-state index in [0.717, 1.165) is 26.4 Å². The van der Waals surface area contributed by atoms with Crippen LogP contribution in [0.4, 0.5) is 0 Å². The average Bonchev–Trinajstić information content (AvgIpc) is 2.35. The maximum absolute atomic E-state index is 11.3. The number of carbonyl (C=O) groups is 2. The SMILES string of the molecule is COC(=O)c1ccc(C(=O)OC)c(S(=O)(=O)O)c1.[LiH]. The molecule has 0 saturated heterocycles. The van der Waals surface area contributed by atoms with Gasteiger partial charge in [-0.05, 0) is 18.2 Å². The number of esters is 2. The van der Waals surface area contributed by atoms with Crippen LogP contribution >= 0.6 is 0 Å². The van der Waals surface area contributed by atoms with Crippen LogP contribution in [0.15, 0.2) is 23.1 Å². The zero-order valence-electron chi connectivity index (χ0n) is 9.54. The predicted octanol–water partition coefficient (Wildman–Crippen LogP) is -0.142. The van der Waals surface area contributed by atoms with Crippen molar-refractivity contribution in [1.29, 1.82) is 0 Å². The molecule has 0 fully saturated rings. The van der Waals surface area contributed by atoms with Gasteiger partial charge in [0.05, 0.1) is 25.3 Å². The fraction of sp³-hybridized carbons (Fsp3) is 0.200. The standard InChI is InChI=1S/C10H10O7S.Li.H/c1-16-9(11)6-3-4-7(10(12)17-2)8(5-6)18(13,14)15;;/h3-5H,1-2H3,(H,13,14,15);;. The predicted molar refractivity (Wildman–Crippen MR) is 66.1 cm³/mol. The number of methoxy groups -OCH3 is 2. The molecule has 0 spiro atoms. The molecule has 0 atom stereocenters. The van der Waals surface area contributed by atoms with Crippen LogP contribution in [0.25, 0.3) is 0 Å². The van der Waals surface area contributed by atoms with Gasteiger partial charge in [0.25, 0.3) is 10.1 Å². The second kappa shape index (κ2) is 6.72. The Bertz CT molecular complexity index is 594. The average molecular weight is 282 g/mol. The molecule has 7 nitrogen and oxygen atoms in total. The van der Waals surface area contributed by atoms with Gasteiger partial charge in [0.2, 0.25) is 0 Å². The van der Waals surface area contributed by atoms with E-state index >= 15 is 0 Å². The van der Waals surface area contributed by atoms with Crippen molar-refractivity contribution in [2.24, 2.45) is 0 Å². The third-order valence-electron chi connectivity index (χ3n) is 2.09. The summed E-state index contributed by atoms with van der Waals surface area (Å²) in [7, 11) is -2.49. The van der Waals surface area contributed by atoms with Gasteiger partial charge in [-0.2, -0.15) is 8.42 Å². The molecule has 0 bridgehead atoms. The molecule has 0 amide bonds. The number of ether oxygens (including phenoxy) is 2. The maximum atomic E-state index is 11.3. The van der Waals surface area contributed by atoms with E-state index in [4.69, 9.17) is 4.55 Å². The first-order chi connectivity index (χ1) is 8.31. The minimum atomic E-state index is -4.66. The topological polar surface area (TPSA) is 107 Å². The van der Waals surface area contributed by atoms with E-state index in [1.165, 1.54) is 6.07 Å². The summed E-state index contributed by atoms with van der Waals surface area (Å²) in [6.07, 6.45) is 0. The molecule has 0 saturated carbocycles. The molecule has 19 heavy (non-hydrogen) atoms. The van der Waals surface area contributed by atoms with Crippen LogP contribution in [0, 0.1) is 0 Å².